The van der Waals surface area contributed by atoms with Crippen LogP contribution in [0, 0.1) is 0 Å². The Balaban J connectivity index is 0.00000242. The van der Waals surface area contributed by atoms with E-state index in [0.717, 1.165) is 37.8 Å². The monoisotopic (exact) mass is 325 g/mol. The fourth-order valence-electron chi connectivity index (χ4n) is 2.62. The molecule has 0 aliphatic heterocycles. The summed E-state index contributed by atoms with van der Waals surface area (Å²) in [6.45, 7) is 0.316. The quantitative estimate of drug-likeness (QED) is 0.776. The summed E-state index contributed by atoms with van der Waals surface area (Å²) in [7, 11) is 0. The Labute approximate surface area is 137 Å². The van der Waals surface area contributed by atoms with Crippen molar-refractivity contribution in [3.05, 3.63) is 30.3 Å². The van der Waals surface area contributed by atoms with Crippen LogP contribution in [0.5, 0.6) is 0 Å². The van der Waals surface area contributed by atoms with E-state index in [1.54, 1.807) is 0 Å². The van der Waals surface area contributed by atoms with Gasteiger partial charge < -0.3 is 16.4 Å². The molecule has 1 aromatic carbocycles. The van der Waals surface area contributed by atoms with E-state index in [1.165, 1.54) is 0 Å². The van der Waals surface area contributed by atoms with E-state index in [0.29, 0.717) is 6.54 Å². The molecule has 0 saturated heterocycles. The maximum Gasteiger partial charge on any atom is 0.240 e. The van der Waals surface area contributed by atoms with Gasteiger partial charge in [-0.3, -0.25) is 9.59 Å². The van der Waals surface area contributed by atoms with E-state index in [4.69, 9.17) is 5.73 Å². The zero-order chi connectivity index (χ0) is 15.1. The molecular formula is C16H24ClN3O2. The summed E-state index contributed by atoms with van der Waals surface area (Å²) < 4.78 is 0. The average Bonchev–Trinajstić information content (AvgIpc) is 2.49. The molecule has 0 bridgehead atoms. The molecule has 6 heteroatoms. The summed E-state index contributed by atoms with van der Waals surface area (Å²) in [6, 6.07) is 9.26. The van der Waals surface area contributed by atoms with Crippen molar-refractivity contribution in [1.82, 2.24) is 5.32 Å². The molecule has 1 fully saturated rings. The van der Waals surface area contributed by atoms with Gasteiger partial charge in [0.2, 0.25) is 11.8 Å². The molecule has 122 valence electrons. The molecule has 0 atom stereocenters. The summed E-state index contributed by atoms with van der Waals surface area (Å²) in [6.07, 6.45) is 4.85. The van der Waals surface area contributed by atoms with E-state index in [-0.39, 0.29) is 30.6 Å². The number of anilines is 1. The molecule has 1 saturated carbocycles. The highest BCUT2D eigenvalue weighted by atomic mass is 35.5. The average molecular weight is 326 g/mol. The van der Waals surface area contributed by atoms with E-state index in [9.17, 15) is 9.59 Å². The molecule has 22 heavy (non-hydrogen) atoms. The summed E-state index contributed by atoms with van der Waals surface area (Å²) in [5, 5.41) is 5.57. The lowest BCUT2D eigenvalue weighted by molar-refractivity contribution is -0.127. The maximum atomic E-state index is 12.1. The molecule has 1 aromatic rings. The third kappa shape index (κ3) is 5.31. The fraction of sp³-hybridized carbons (Fsp3) is 0.500. The van der Waals surface area contributed by atoms with Crippen molar-refractivity contribution in [1.29, 1.82) is 0 Å². The Kier molecular flexibility index (Phi) is 7.35. The molecule has 0 heterocycles. The lowest BCUT2D eigenvalue weighted by Crippen LogP contribution is -2.55. The molecule has 1 aliphatic rings. The van der Waals surface area contributed by atoms with Gasteiger partial charge in [0.05, 0.1) is 5.54 Å². The lowest BCUT2D eigenvalue weighted by Gasteiger charge is -2.31. The minimum atomic E-state index is -0.742. The second kappa shape index (κ2) is 8.76. The Morgan fingerprint density at radius 1 is 1.09 bits per heavy atom. The first kappa shape index (κ1) is 18.5. The van der Waals surface area contributed by atoms with Gasteiger partial charge in [-0.05, 0) is 25.0 Å². The van der Waals surface area contributed by atoms with Gasteiger partial charge in [-0.25, -0.2) is 0 Å². The summed E-state index contributed by atoms with van der Waals surface area (Å²) in [5.74, 6) is -0.245. The SMILES string of the molecule is Cl.NC1(C(=O)NCCC(=O)Nc2ccccc2)CCCCC1. The number of hydrogen-bond donors (Lipinski definition) is 3. The van der Waals surface area contributed by atoms with Crippen molar-refractivity contribution in [2.24, 2.45) is 5.73 Å². The molecule has 0 unspecified atom stereocenters. The van der Waals surface area contributed by atoms with Crippen LogP contribution in [0.25, 0.3) is 0 Å². The highest BCUT2D eigenvalue weighted by Crippen LogP contribution is 2.25. The highest BCUT2D eigenvalue weighted by molar-refractivity contribution is 5.91. The van der Waals surface area contributed by atoms with E-state index < -0.39 is 5.54 Å². The van der Waals surface area contributed by atoms with Crippen molar-refractivity contribution in [3.8, 4) is 0 Å². The fourth-order valence-corrected chi connectivity index (χ4v) is 2.62. The van der Waals surface area contributed by atoms with Crippen LogP contribution in [0.4, 0.5) is 5.69 Å². The first-order valence-electron chi connectivity index (χ1n) is 7.52. The number of amides is 2. The summed E-state index contributed by atoms with van der Waals surface area (Å²) in [5.41, 5.74) is 6.15. The standard InChI is InChI=1S/C16H23N3O2.ClH/c17-16(10-5-2-6-11-16)15(21)18-12-9-14(20)19-13-7-3-1-4-8-13;/h1,3-4,7-8H,2,5-6,9-12,17H2,(H,18,21)(H,19,20);1H. The molecule has 0 aromatic heterocycles. The van der Waals surface area contributed by atoms with Gasteiger partial charge in [-0.1, -0.05) is 37.5 Å². The van der Waals surface area contributed by atoms with Crippen LogP contribution in [0.15, 0.2) is 30.3 Å². The van der Waals surface area contributed by atoms with Crippen molar-refractivity contribution in [3.63, 3.8) is 0 Å². The highest BCUT2D eigenvalue weighted by Gasteiger charge is 2.34. The Morgan fingerprint density at radius 2 is 1.73 bits per heavy atom. The summed E-state index contributed by atoms with van der Waals surface area (Å²) in [4.78, 5) is 23.8. The molecule has 2 amide bonds. The molecular weight excluding hydrogens is 302 g/mol. The number of para-hydroxylation sites is 1. The summed E-state index contributed by atoms with van der Waals surface area (Å²) >= 11 is 0. The van der Waals surface area contributed by atoms with Crippen molar-refractivity contribution in [2.75, 3.05) is 11.9 Å². The third-order valence-corrected chi connectivity index (χ3v) is 3.89. The van der Waals surface area contributed by atoms with Crippen molar-refractivity contribution in [2.45, 2.75) is 44.1 Å². The molecule has 0 radical (unpaired) electrons. The Morgan fingerprint density at radius 3 is 2.36 bits per heavy atom. The largest absolute Gasteiger partial charge is 0.354 e. The minimum absolute atomic E-state index is 0. The molecule has 2 rings (SSSR count). The number of halogens is 1. The molecule has 1 aliphatic carbocycles. The normalized spacial score (nSPS) is 16.2. The van der Waals surface area contributed by atoms with Gasteiger partial charge >= 0.3 is 0 Å². The van der Waals surface area contributed by atoms with Crippen LogP contribution in [0.2, 0.25) is 0 Å². The number of carbonyl (C=O) groups excluding carboxylic acids is 2. The first-order chi connectivity index (χ1) is 10.1. The van der Waals surface area contributed by atoms with Gasteiger partial charge in [0.1, 0.15) is 0 Å². The predicted octanol–water partition coefficient (Wildman–Crippen LogP) is 2.21. The number of nitrogens with one attached hydrogen (secondary N) is 2. The smallest absolute Gasteiger partial charge is 0.240 e. The molecule has 0 spiro atoms. The van der Waals surface area contributed by atoms with Gasteiger partial charge in [-0.15, -0.1) is 12.4 Å². The lowest BCUT2D eigenvalue weighted by atomic mass is 9.82. The minimum Gasteiger partial charge on any atom is -0.354 e. The van der Waals surface area contributed by atoms with Crippen LogP contribution >= 0.6 is 12.4 Å². The van der Waals surface area contributed by atoms with Crippen LogP contribution in [0.1, 0.15) is 38.5 Å². The Bertz CT molecular complexity index is 487. The van der Waals surface area contributed by atoms with Gasteiger partial charge in [0, 0.05) is 18.7 Å². The van der Waals surface area contributed by atoms with E-state index in [1.807, 2.05) is 30.3 Å². The van der Waals surface area contributed by atoms with Crippen LogP contribution in [-0.4, -0.2) is 23.9 Å². The van der Waals surface area contributed by atoms with Crippen molar-refractivity contribution >= 4 is 29.9 Å². The Hall–Kier alpha value is -1.59. The molecule has 4 N–H and O–H groups in total. The molecule has 5 nitrogen and oxygen atoms in total. The van der Waals surface area contributed by atoms with Crippen molar-refractivity contribution < 1.29 is 9.59 Å². The predicted molar refractivity (Wildman–Crippen MR) is 89.9 cm³/mol. The second-order valence-corrected chi connectivity index (χ2v) is 5.64. The zero-order valence-corrected chi connectivity index (χ0v) is 13.5. The first-order valence-corrected chi connectivity index (χ1v) is 7.52. The zero-order valence-electron chi connectivity index (χ0n) is 12.6. The van der Waals surface area contributed by atoms with E-state index >= 15 is 0 Å². The van der Waals surface area contributed by atoms with Gasteiger partial charge in [-0.2, -0.15) is 0 Å². The number of hydrogen-bond acceptors (Lipinski definition) is 3. The van der Waals surface area contributed by atoms with E-state index in [2.05, 4.69) is 10.6 Å². The second-order valence-electron chi connectivity index (χ2n) is 5.64. The number of rotatable bonds is 5. The topological polar surface area (TPSA) is 84.2 Å². The third-order valence-electron chi connectivity index (χ3n) is 3.89. The maximum absolute atomic E-state index is 12.1. The van der Waals surface area contributed by atoms with Crippen LogP contribution in [-0.2, 0) is 9.59 Å². The van der Waals surface area contributed by atoms with Gasteiger partial charge in [0.15, 0.2) is 0 Å². The number of benzene rings is 1. The van der Waals surface area contributed by atoms with Crippen LogP contribution in [0.3, 0.4) is 0 Å². The van der Waals surface area contributed by atoms with Crippen LogP contribution < -0.4 is 16.4 Å². The number of carbonyl (C=O) groups is 2. The number of nitrogens with two attached hydrogens (primary N) is 1. The van der Waals surface area contributed by atoms with Gasteiger partial charge in [0.25, 0.3) is 0 Å².